The lowest BCUT2D eigenvalue weighted by molar-refractivity contribution is -0.145. The fraction of sp³-hybridized carbons (Fsp3) is 0.455. The van der Waals surface area contributed by atoms with Gasteiger partial charge >= 0.3 is 5.97 Å². The SMILES string of the molecule is Cc1c(S(N)(=O)=O)sc(C(=O)NC2CC(C(=O)O)C2)c1Cl. The average molecular weight is 353 g/mol. The van der Waals surface area contributed by atoms with Gasteiger partial charge in [-0.15, -0.1) is 11.3 Å². The Morgan fingerprint density at radius 1 is 1.43 bits per heavy atom. The molecular weight excluding hydrogens is 340 g/mol. The first kappa shape index (κ1) is 16.2. The van der Waals surface area contributed by atoms with Gasteiger partial charge in [-0.2, -0.15) is 0 Å². The van der Waals surface area contributed by atoms with Crippen molar-refractivity contribution in [3.8, 4) is 0 Å². The fourth-order valence-electron chi connectivity index (χ4n) is 2.08. The number of hydrogen-bond acceptors (Lipinski definition) is 5. The van der Waals surface area contributed by atoms with E-state index in [0.29, 0.717) is 24.2 Å². The molecule has 7 nitrogen and oxygen atoms in total. The van der Waals surface area contributed by atoms with Gasteiger partial charge in [-0.05, 0) is 25.3 Å². The molecule has 1 aliphatic rings. The number of nitrogens with two attached hydrogens (primary N) is 1. The quantitative estimate of drug-likeness (QED) is 0.743. The molecule has 0 bridgehead atoms. The number of rotatable bonds is 4. The number of halogens is 1. The van der Waals surface area contributed by atoms with E-state index in [1.807, 2.05) is 0 Å². The number of carbonyl (C=O) groups excluding carboxylic acids is 1. The summed E-state index contributed by atoms with van der Waals surface area (Å²) >= 11 is 6.69. The Labute approximate surface area is 130 Å². The van der Waals surface area contributed by atoms with Crippen LogP contribution in [-0.4, -0.2) is 31.4 Å². The molecule has 21 heavy (non-hydrogen) atoms. The first-order valence-corrected chi connectivity index (χ1v) is 8.70. The molecule has 0 saturated heterocycles. The molecule has 0 aromatic carbocycles. The predicted octanol–water partition coefficient (Wildman–Crippen LogP) is 0.950. The van der Waals surface area contributed by atoms with Gasteiger partial charge in [0.05, 0.1) is 10.9 Å². The maximum absolute atomic E-state index is 12.1. The first-order valence-electron chi connectivity index (χ1n) is 5.96. The Bertz CT molecular complexity index is 706. The highest BCUT2D eigenvalue weighted by atomic mass is 35.5. The van der Waals surface area contributed by atoms with Crippen LogP contribution in [0.4, 0.5) is 0 Å². The fourth-order valence-corrected chi connectivity index (χ4v) is 4.57. The molecule has 1 saturated carbocycles. The van der Waals surface area contributed by atoms with Crippen LogP contribution in [0.15, 0.2) is 4.21 Å². The highest BCUT2D eigenvalue weighted by Gasteiger charge is 2.36. The van der Waals surface area contributed by atoms with Crippen LogP contribution in [0, 0.1) is 12.8 Å². The van der Waals surface area contributed by atoms with E-state index in [1.54, 1.807) is 0 Å². The van der Waals surface area contributed by atoms with Gasteiger partial charge in [0, 0.05) is 6.04 Å². The number of primary sulfonamides is 1. The molecule has 116 valence electrons. The molecule has 0 aliphatic heterocycles. The van der Waals surface area contributed by atoms with Gasteiger partial charge < -0.3 is 10.4 Å². The molecule has 4 N–H and O–H groups in total. The third-order valence-electron chi connectivity index (χ3n) is 3.32. The van der Waals surface area contributed by atoms with Crippen molar-refractivity contribution in [2.75, 3.05) is 0 Å². The molecule has 10 heteroatoms. The van der Waals surface area contributed by atoms with Crippen LogP contribution in [-0.2, 0) is 14.8 Å². The van der Waals surface area contributed by atoms with E-state index in [9.17, 15) is 18.0 Å². The number of hydrogen-bond donors (Lipinski definition) is 3. The summed E-state index contributed by atoms with van der Waals surface area (Å²) in [6.07, 6.45) is 0.705. The third-order valence-corrected chi connectivity index (χ3v) is 6.76. The largest absolute Gasteiger partial charge is 0.481 e. The molecule has 1 fully saturated rings. The van der Waals surface area contributed by atoms with Crippen LogP contribution >= 0.6 is 22.9 Å². The smallest absolute Gasteiger partial charge is 0.306 e. The molecule has 1 amide bonds. The second kappa shape index (κ2) is 5.56. The summed E-state index contributed by atoms with van der Waals surface area (Å²) in [7, 11) is -3.93. The van der Waals surface area contributed by atoms with E-state index < -0.39 is 27.8 Å². The third kappa shape index (κ3) is 3.20. The van der Waals surface area contributed by atoms with E-state index in [-0.39, 0.29) is 25.7 Å². The van der Waals surface area contributed by atoms with E-state index in [0.717, 1.165) is 0 Å². The Hall–Kier alpha value is -1.16. The van der Waals surface area contributed by atoms with Crippen LogP contribution in [0.25, 0.3) is 0 Å². The molecular formula is C11H13ClN2O5S2. The molecule has 0 radical (unpaired) electrons. The molecule has 2 rings (SSSR count). The summed E-state index contributed by atoms with van der Waals surface area (Å²) in [5.74, 6) is -1.85. The number of sulfonamides is 1. The Morgan fingerprint density at radius 3 is 2.43 bits per heavy atom. The minimum Gasteiger partial charge on any atom is -0.481 e. The van der Waals surface area contributed by atoms with Crippen molar-refractivity contribution in [2.24, 2.45) is 11.1 Å². The summed E-state index contributed by atoms with van der Waals surface area (Å²) < 4.78 is 22.6. The van der Waals surface area contributed by atoms with E-state index in [4.69, 9.17) is 21.8 Å². The molecule has 1 aliphatic carbocycles. The number of thiophene rings is 1. The van der Waals surface area contributed by atoms with Crippen molar-refractivity contribution in [2.45, 2.75) is 30.0 Å². The Balaban J connectivity index is 2.13. The van der Waals surface area contributed by atoms with Crippen molar-refractivity contribution in [3.63, 3.8) is 0 Å². The maximum Gasteiger partial charge on any atom is 0.306 e. The zero-order chi connectivity index (χ0) is 15.9. The Kier molecular flexibility index (Phi) is 4.29. The second-order valence-corrected chi connectivity index (χ2v) is 8.03. The van der Waals surface area contributed by atoms with Crippen LogP contribution in [0.5, 0.6) is 0 Å². The van der Waals surface area contributed by atoms with E-state index in [2.05, 4.69) is 5.32 Å². The van der Waals surface area contributed by atoms with Gasteiger partial charge in [0.2, 0.25) is 10.0 Å². The summed E-state index contributed by atoms with van der Waals surface area (Å²) in [5, 5.41) is 16.5. The minimum atomic E-state index is -3.93. The summed E-state index contributed by atoms with van der Waals surface area (Å²) in [6.45, 7) is 1.47. The molecule has 0 spiro atoms. The van der Waals surface area contributed by atoms with Crippen molar-refractivity contribution < 1.29 is 23.1 Å². The first-order chi connectivity index (χ1) is 9.61. The number of aliphatic carboxylic acids is 1. The van der Waals surface area contributed by atoms with Crippen LogP contribution < -0.4 is 10.5 Å². The van der Waals surface area contributed by atoms with Gasteiger partial charge in [0.1, 0.15) is 9.09 Å². The zero-order valence-electron chi connectivity index (χ0n) is 10.9. The lowest BCUT2D eigenvalue weighted by Gasteiger charge is -2.32. The van der Waals surface area contributed by atoms with E-state index in [1.165, 1.54) is 6.92 Å². The number of carboxylic acids is 1. The standard InChI is InChI=1S/C11H13ClN2O5S2/c1-4-7(12)8(20-11(4)21(13,18)19)9(15)14-6-2-5(3-6)10(16)17/h5-6H,2-3H2,1H3,(H,14,15)(H,16,17)(H2,13,18,19). The normalized spacial score (nSPS) is 21.7. The summed E-state index contributed by atoms with van der Waals surface area (Å²) in [6, 6.07) is -0.241. The Morgan fingerprint density at radius 2 is 2.00 bits per heavy atom. The summed E-state index contributed by atoms with van der Waals surface area (Å²) in [5.41, 5.74) is 0.242. The molecule has 1 aromatic rings. The highest BCUT2D eigenvalue weighted by molar-refractivity contribution is 7.91. The highest BCUT2D eigenvalue weighted by Crippen LogP contribution is 2.35. The van der Waals surface area contributed by atoms with Crippen molar-refractivity contribution in [1.29, 1.82) is 0 Å². The number of carboxylic acid groups (broad SMARTS) is 1. The minimum absolute atomic E-state index is 0.0515. The van der Waals surface area contributed by atoms with Crippen molar-refractivity contribution in [1.82, 2.24) is 5.32 Å². The monoisotopic (exact) mass is 352 g/mol. The van der Waals surface area contributed by atoms with Gasteiger partial charge in [-0.25, -0.2) is 13.6 Å². The van der Waals surface area contributed by atoms with Crippen LogP contribution in [0.3, 0.4) is 0 Å². The summed E-state index contributed by atoms with van der Waals surface area (Å²) in [4.78, 5) is 22.8. The van der Waals surface area contributed by atoms with Gasteiger partial charge in [-0.3, -0.25) is 9.59 Å². The molecule has 1 heterocycles. The molecule has 0 atom stereocenters. The number of nitrogens with one attached hydrogen (secondary N) is 1. The van der Waals surface area contributed by atoms with E-state index >= 15 is 0 Å². The number of carbonyl (C=O) groups is 2. The topological polar surface area (TPSA) is 127 Å². The van der Waals surface area contributed by atoms with Crippen molar-refractivity contribution in [3.05, 3.63) is 15.5 Å². The molecule has 1 aromatic heterocycles. The van der Waals surface area contributed by atoms with Crippen molar-refractivity contribution >= 4 is 44.8 Å². The average Bonchev–Trinajstić information content (AvgIpc) is 2.59. The zero-order valence-corrected chi connectivity index (χ0v) is 13.3. The number of amides is 1. The van der Waals surface area contributed by atoms with Gasteiger partial charge in [0.15, 0.2) is 0 Å². The second-order valence-electron chi connectivity index (χ2n) is 4.88. The van der Waals surface area contributed by atoms with Crippen LogP contribution in [0.2, 0.25) is 5.02 Å². The lowest BCUT2D eigenvalue weighted by atomic mass is 9.80. The maximum atomic E-state index is 12.1. The lowest BCUT2D eigenvalue weighted by Crippen LogP contribution is -2.46. The van der Waals surface area contributed by atoms with Gasteiger partial charge in [0.25, 0.3) is 5.91 Å². The predicted molar refractivity (Wildman–Crippen MR) is 77.1 cm³/mol. The molecule has 0 unspecified atom stereocenters. The van der Waals surface area contributed by atoms with Crippen LogP contribution in [0.1, 0.15) is 28.1 Å². The van der Waals surface area contributed by atoms with Gasteiger partial charge in [-0.1, -0.05) is 11.6 Å².